The van der Waals surface area contributed by atoms with E-state index in [1.54, 1.807) is 30.3 Å². The summed E-state index contributed by atoms with van der Waals surface area (Å²) in [7, 11) is 0. The molecule has 0 fully saturated rings. The summed E-state index contributed by atoms with van der Waals surface area (Å²) in [5.41, 5.74) is 1.01. The lowest BCUT2D eigenvalue weighted by molar-refractivity contribution is -0.119. The van der Waals surface area contributed by atoms with Crippen LogP contribution in [-0.2, 0) is 4.79 Å². The molecule has 24 heavy (non-hydrogen) atoms. The van der Waals surface area contributed by atoms with E-state index in [-0.39, 0.29) is 16.9 Å². The van der Waals surface area contributed by atoms with Gasteiger partial charge in [0.1, 0.15) is 0 Å². The lowest BCUT2D eigenvalue weighted by atomic mass is 10.1. The maximum absolute atomic E-state index is 12.1. The molecule has 6 heteroatoms. The third kappa shape index (κ3) is 7.37. The number of anilines is 1. The molecule has 0 saturated heterocycles. The Labute approximate surface area is 148 Å². The third-order valence-electron chi connectivity index (χ3n) is 3.34. The van der Waals surface area contributed by atoms with Crippen LogP contribution in [0, 0.1) is 0 Å². The molecule has 2 amide bonds. The van der Waals surface area contributed by atoms with E-state index in [0.717, 1.165) is 25.7 Å². The fourth-order valence-electron chi connectivity index (χ4n) is 2.11. The van der Waals surface area contributed by atoms with Crippen LogP contribution in [0.25, 0.3) is 0 Å². The number of nitrogens with one attached hydrogen (secondary N) is 3. The maximum atomic E-state index is 12.1. The highest BCUT2D eigenvalue weighted by Gasteiger charge is 2.12. The number of para-hydroxylation sites is 1. The van der Waals surface area contributed by atoms with Crippen molar-refractivity contribution >= 4 is 34.8 Å². The van der Waals surface area contributed by atoms with Crippen LogP contribution in [0.1, 0.15) is 49.4 Å². The van der Waals surface area contributed by atoms with Gasteiger partial charge in [-0.25, -0.2) is 0 Å². The second kappa shape index (κ2) is 11.3. The van der Waals surface area contributed by atoms with Crippen LogP contribution in [-0.4, -0.2) is 23.5 Å². The highest BCUT2D eigenvalue weighted by Crippen LogP contribution is 2.14. The molecule has 0 heterocycles. The van der Waals surface area contributed by atoms with Crippen LogP contribution >= 0.6 is 12.2 Å². The summed E-state index contributed by atoms with van der Waals surface area (Å²) in [6.07, 6.45) is 6.20. The number of carbonyl (C=O) groups excluding carboxylic acids is 2. The molecule has 1 rings (SSSR count). The first-order valence-electron chi connectivity index (χ1n) is 8.17. The largest absolute Gasteiger partial charge is 0.349 e. The normalized spacial score (nSPS) is 9.88. The summed E-state index contributed by atoms with van der Waals surface area (Å²) in [5.74, 6) is -0.344. The van der Waals surface area contributed by atoms with E-state index in [1.165, 1.54) is 0 Å². The smallest absolute Gasteiger partial charge is 0.253 e. The standard InChI is InChI=1S/C18H25N3O2S/c1-3-5-6-7-12-16(22)21-18(24)20-15-11-9-8-10-14(15)17(23)19-13-4-2/h4,8-11H,2-3,5-7,12-13H2,1H3,(H,19,23)(H2,20,21,22,24). The van der Waals surface area contributed by atoms with E-state index in [4.69, 9.17) is 12.2 Å². The number of amides is 2. The summed E-state index contributed by atoms with van der Waals surface area (Å²) >= 11 is 5.16. The van der Waals surface area contributed by atoms with E-state index < -0.39 is 0 Å². The van der Waals surface area contributed by atoms with Crippen LogP contribution in [0.5, 0.6) is 0 Å². The summed E-state index contributed by atoms with van der Waals surface area (Å²) in [6, 6.07) is 6.99. The zero-order chi connectivity index (χ0) is 17.8. The highest BCUT2D eigenvalue weighted by atomic mass is 32.1. The minimum absolute atomic E-state index is 0.114. The molecular weight excluding hydrogens is 322 g/mol. The van der Waals surface area contributed by atoms with Gasteiger partial charge in [0.2, 0.25) is 5.91 Å². The first kappa shape index (κ1) is 19.8. The van der Waals surface area contributed by atoms with Crippen molar-refractivity contribution in [2.75, 3.05) is 11.9 Å². The summed E-state index contributed by atoms with van der Waals surface area (Å²) < 4.78 is 0. The predicted octanol–water partition coefficient (Wildman–Crippen LogP) is 3.39. The molecule has 0 aliphatic carbocycles. The molecular formula is C18H25N3O2S. The van der Waals surface area contributed by atoms with Crippen LogP contribution in [0.3, 0.4) is 0 Å². The molecule has 5 nitrogen and oxygen atoms in total. The average molecular weight is 347 g/mol. The third-order valence-corrected chi connectivity index (χ3v) is 3.54. The van der Waals surface area contributed by atoms with Crippen molar-refractivity contribution in [2.45, 2.75) is 39.0 Å². The van der Waals surface area contributed by atoms with Gasteiger partial charge in [0, 0.05) is 13.0 Å². The first-order valence-corrected chi connectivity index (χ1v) is 8.58. The van der Waals surface area contributed by atoms with Gasteiger partial charge >= 0.3 is 0 Å². The zero-order valence-corrected chi connectivity index (χ0v) is 14.9. The average Bonchev–Trinajstić information content (AvgIpc) is 2.57. The van der Waals surface area contributed by atoms with E-state index in [1.807, 2.05) is 0 Å². The molecule has 0 bridgehead atoms. The number of thiocarbonyl (C=S) groups is 1. The van der Waals surface area contributed by atoms with Gasteiger partial charge in [-0.1, -0.05) is 44.4 Å². The van der Waals surface area contributed by atoms with Crippen LogP contribution in [0.15, 0.2) is 36.9 Å². The zero-order valence-electron chi connectivity index (χ0n) is 14.1. The van der Waals surface area contributed by atoms with E-state index >= 15 is 0 Å². The molecule has 130 valence electrons. The van der Waals surface area contributed by atoms with E-state index in [0.29, 0.717) is 24.2 Å². The summed E-state index contributed by atoms with van der Waals surface area (Å²) in [4.78, 5) is 23.9. The molecule has 3 N–H and O–H groups in total. The summed E-state index contributed by atoms with van der Waals surface area (Å²) in [6.45, 7) is 6.07. The van der Waals surface area contributed by atoms with Crippen LogP contribution in [0.2, 0.25) is 0 Å². The molecule has 0 spiro atoms. The Kier molecular flexibility index (Phi) is 9.38. The Morgan fingerprint density at radius 2 is 1.96 bits per heavy atom. The van der Waals surface area contributed by atoms with Gasteiger partial charge in [-0.2, -0.15) is 0 Å². The Bertz CT molecular complexity index is 587. The van der Waals surface area contributed by atoms with E-state index in [9.17, 15) is 9.59 Å². The number of benzene rings is 1. The number of carbonyl (C=O) groups is 2. The van der Waals surface area contributed by atoms with Crippen molar-refractivity contribution < 1.29 is 9.59 Å². The SMILES string of the molecule is C=CCNC(=O)c1ccccc1NC(=S)NC(=O)CCCCCC. The molecule has 0 saturated carbocycles. The Balaban J connectivity index is 2.56. The summed E-state index contributed by atoms with van der Waals surface area (Å²) in [5, 5.41) is 8.47. The Morgan fingerprint density at radius 1 is 1.21 bits per heavy atom. The van der Waals surface area contributed by atoms with Crippen LogP contribution in [0.4, 0.5) is 5.69 Å². The van der Waals surface area contributed by atoms with Crippen molar-refractivity contribution in [3.05, 3.63) is 42.5 Å². The fraction of sp³-hybridized carbons (Fsp3) is 0.389. The van der Waals surface area contributed by atoms with Crippen molar-refractivity contribution in [3.8, 4) is 0 Å². The van der Waals surface area contributed by atoms with Gasteiger partial charge in [-0.3, -0.25) is 9.59 Å². The fourth-order valence-corrected chi connectivity index (χ4v) is 2.33. The number of unbranched alkanes of at least 4 members (excludes halogenated alkanes) is 3. The minimum atomic E-state index is -0.230. The van der Waals surface area contributed by atoms with Crippen molar-refractivity contribution in [1.82, 2.24) is 10.6 Å². The Morgan fingerprint density at radius 3 is 2.67 bits per heavy atom. The van der Waals surface area contributed by atoms with Crippen molar-refractivity contribution in [1.29, 1.82) is 0 Å². The van der Waals surface area contributed by atoms with Gasteiger partial charge in [0.25, 0.3) is 5.91 Å². The minimum Gasteiger partial charge on any atom is -0.349 e. The monoisotopic (exact) mass is 347 g/mol. The Hall–Kier alpha value is -2.21. The van der Waals surface area contributed by atoms with Gasteiger partial charge in [-0.15, -0.1) is 6.58 Å². The number of hydrogen-bond acceptors (Lipinski definition) is 3. The quantitative estimate of drug-likeness (QED) is 0.364. The van der Waals surface area contributed by atoms with Gasteiger partial charge in [0.05, 0.1) is 11.3 Å². The molecule has 1 aromatic carbocycles. The van der Waals surface area contributed by atoms with Crippen molar-refractivity contribution in [2.24, 2.45) is 0 Å². The van der Waals surface area contributed by atoms with Crippen molar-refractivity contribution in [3.63, 3.8) is 0 Å². The first-order chi connectivity index (χ1) is 11.6. The number of hydrogen-bond donors (Lipinski definition) is 3. The highest BCUT2D eigenvalue weighted by molar-refractivity contribution is 7.80. The number of rotatable bonds is 9. The van der Waals surface area contributed by atoms with Gasteiger partial charge in [-0.05, 0) is 30.8 Å². The molecule has 0 aromatic heterocycles. The van der Waals surface area contributed by atoms with Gasteiger partial charge < -0.3 is 16.0 Å². The lowest BCUT2D eigenvalue weighted by Crippen LogP contribution is -2.34. The van der Waals surface area contributed by atoms with Gasteiger partial charge in [0.15, 0.2) is 5.11 Å². The second-order valence-corrected chi connectivity index (χ2v) is 5.77. The molecule has 0 aliphatic rings. The van der Waals surface area contributed by atoms with Crippen LogP contribution < -0.4 is 16.0 Å². The lowest BCUT2D eigenvalue weighted by Gasteiger charge is -2.13. The topological polar surface area (TPSA) is 70.2 Å². The molecule has 1 aromatic rings. The second-order valence-electron chi connectivity index (χ2n) is 5.36. The maximum Gasteiger partial charge on any atom is 0.253 e. The van der Waals surface area contributed by atoms with E-state index in [2.05, 4.69) is 29.5 Å². The molecule has 0 unspecified atom stereocenters. The molecule has 0 aliphatic heterocycles. The predicted molar refractivity (Wildman–Crippen MR) is 102 cm³/mol. The molecule has 0 atom stereocenters. The molecule has 0 radical (unpaired) electrons.